The number of carbonyl (C=O) groups is 5. The molecule has 0 unspecified atom stereocenters. The van der Waals surface area contributed by atoms with E-state index in [9.17, 15) is 76.7 Å². The lowest BCUT2D eigenvalue weighted by molar-refractivity contribution is -0.141. The monoisotopic (exact) mass is 1880 g/mol. The van der Waals surface area contributed by atoms with Gasteiger partial charge in [0.05, 0.1) is 11.1 Å². The molecule has 5 N–H and O–H groups in total. The number of carbonyl (C=O) groups excluding carboxylic acids is 5. The van der Waals surface area contributed by atoms with Crippen molar-refractivity contribution in [3.8, 4) is 0 Å². The maximum Gasteiger partial charge on any atom is 0.434 e. The number of aromatic nitrogens is 5. The summed E-state index contributed by atoms with van der Waals surface area (Å²) < 4.78 is 163. The Hall–Kier alpha value is -10.9. The molecule has 0 aliphatic carbocycles. The fraction of sp³-hybridized carbons (Fsp3) is 0.393. The molecule has 5 fully saturated rings. The predicted octanol–water partition coefficient (Wildman–Crippen LogP) is 23.1. The summed E-state index contributed by atoms with van der Waals surface area (Å²) in [7, 11) is 0. The third-order valence-corrected chi connectivity index (χ3v) is 24.0. The molecule has 39 heteroatoms. The molecule has 0 spiro atoms. The highest BCUT2D eigenvalue weighted by molar-refractivity contribution is 7.14. The van der Waals surface area contributed by atoms with Crippen LogP contribution in [0, 0.1) is 0 Å². The highest BCUT2D eigenvalue weighted by Gasteiger charge is 2.48. The number of benzene rings is 5. The second-order valence-electron chi connectivity index (χ2n) is 33.6. The number of alkyl halides is 12. The van der Waals surface area contributed by atoms with E-state index in [0.717, 1.165) is 121 Å². The van der Waals surface area contributed by atoms with E-state index in [1.165, 1.54) is 24.3 Å². The molecule has 684 valence electrons. The van der Waals surface area contributed by atoms with Gasteiger partial charge in [-0.3, -0.25) is 24.0 Å². The molecule has 5 atom stereocenters. The normalized spacial score (nSPS) is 19.5. The molecule has 10 aromatic rings. The molecule has 0 bridgehead atoms. The summed E-state index contributed by atoms with van der Waals surface area (Å²) in [6.45, 7) is 21.1. The Balaban J connectivity index is 0.000000155. The van der Waals surface area contributed by atoms with E-state index in [-0.39, 0.29) is 57.1 Å². The molecule has 0 radical (unpaired) electrons. The first-order valence-electron chi connectivity index (χ1n) is 40.7. The van der Waals surface area contributed by atoms with Crippen LogP contribution in [0.3, 0.4) is 0 Å². The Morgan fingerprint density at radius 2 is 0.758 bits per heavy atom. The van der Waals surface area contributed by atoms with Crippen molar-refractivity contribution in [3.05, 3.63) is 229 Å². The van der Waals surface area contributed by atoms with Crippen molar-refractivity contribution in [2.24, 2.45) is 0 Å². The second kappa shape index (κ2) is 40.0. The minimum Gasteiger partial charge on any atom is -0.360 e. The van der Waals surface area contributed by atoms with Crippen LogP contribution in [-0.4, -0.2) is 116 Å². The molecule has 5 aromatic carbocycles. The molecular formula is C89H93Cl4F12N15O7S. The number of nitrogens with one attached hydrogen (secondary N) is 5. The topological polar surface area (TPSA) is 252 Å². The van der Waals surface area contributed by atoms with Gasteiger partial charge in [0.15, 0.2) is 22.5 Å². The maximum atomic E-state index is 13.0. The van der Waals surface area contributed by atoms with Crippen LogP contribution < -0.4 is 51.1 Å². The van der Waals surface area contributed by atoms with Gasteiger partial charge in [0.25, 0.3) is 17.7 Å². The lowest BCUT2D eigenvalue weighted by Gasteiger charge is -2.35. The summed E-state index contributed by atoms with van der Waals surface area (Å²) in [5, 5.41) is 24.5. The van der Waals surface area contributed by atoms with Crippen molar-refractivity contribution in [1.82, 2.24) is 25.3 Å². The highest BCUT2D eigenvalue weighted by Crippen LogP contribution is 2.43. The van der Waals surface area contributed by atoms with Crippen LogP contribution >= 0.6 is 57.7 Å². The van der Waals surface area contributed by atoms with Gasteiger partial charge in [0.1, 0.15) is 57.6 Å². The number of nitrogens with zero attached hydrogens (tertiary/aromatic N) is 10. The largest absolute Gasteiger partial charge is 0.434 e. The molecule has 5 amide bonds. The van der Waals surface area contributed by atoms with E-state index in [1.807, 2.05) is 136 Å². The van der Waals surface area contributed by atoms with Gasteiger partial charge in [-0.1, -0.05) is 104 Å². The van der Waals surface area contributed by atoms with Gasteiger partial charge in [-0.25, -0.2) is 15.0 Å². The maximum absolute atomic E-state index is 13.0. The molecule has 0 saturated carbocycles. The summed E-state index contributed by atoms with van der Waals surface area (Å²) in [5.74, 6) is 0.784. The number of hydrogen-bond acceptors (Lipinski definition) is 18. The van der Waals surface area contributed by atoms with E-state index in [0.29, 0.717) is 101 Å². The Kier molecular flexibility index (Phi) is 30.5. The van der Waals surface area contributed by atoms with Gasteiger partial charge < -0.3 is 60.1 Å². The molecule has 128 heavy (non-hydrogen) atoms. The fourth-order valence-electron chi connectivity index (χ4n) is 15.2. The van der Waals surface area contributed by atoms with Crippen LogP contribution in [0.15, 0.2) is 184 Å². The van der Waals surface area contributed by atoms with Crippen LogP contribution in [0.4, 0.5) is 110 Å². The fourth-order valence-corrected chi connectivity index (χ4v) is 16.4. The van der Waals surface area contributed by atoms with Crippen molar-refractivity contribution in [3.63, 3.8) is 0 Å². The highest BCUT2D eigenvalue weighted by atomic mass is 35.5. The zero-order chi connectivity index (χ0) is 93.3. The van der Waals surface area contributed by atoms with Gasteiger partial charge in [-0.2, -0.15) is 52.7 Å². The predicted molar refractivity (Wildman–Crippen MR) is 472 cm³/mol. The van der Waals surface area contributed by atoms with Crippen molar-refractivity contribution in [1.29, 1.82) is 0 Å². The first-order valence-corrected chi connectivity index (χ1v) is 43.1. The minimum atomic E-state index is -4.55. The second-order valence-corrected chi connectivity index (χ2v) is 36.2. The number of halogens is 16. The van der Waals surface area contributed by atoms with E-state index in [4.69, 9.17) is 55.4 Å². The Bertz CT molecular complexity index is 5470. The smallest absolute Gasteiger partial charge is 0.360 e. The van der Waals surface area contributed by atoms with E-state index in [2.05, 4.69) is 56.7 Å². The Labute approximate surface area is 754 Å². The molecule has 5 aromatic heterocycles. The average molecular weight is 1890 g/mol. The number of anilines is 10. The van der Waals surface area contributed by atoms with Crippen LogP contribution in [-0.2, 0) is 59.5 Å². The van der Waals surface area contributed by atoms with Gasteiger partial charge in [0, 0.05) is 116 Å². The average Bonchev–Trinajstić information content (AvgIpc) is 1.60. The lowest BCUT2D eigenvalue weighted by Crippen LogP contribution is -2.51. The van der Waals surface area contributed by atoms with Crippen molar-refractivity contribution in [2.75, 3.05) is 83.8 Å². The Morgan fingerprint density at radius 1 is 0.398 bits per heavy atom. The third kappa shape index (κ3) is 24.6. The summed E-state index contributed by atoms with van der Waals surface area (Å²) in [6.07, 6.45) is -9.77. The minimum absolute atomic E-state index is 0.0460. The summed E-state index contributed by atoms with van der Waals surface area (Å²) in [6, 6.07) is 42.0. The van der Waals surface area contributed by atoms with Gasteiger partial charge in [0.2, 0.25) is 11.8 Å². The Morgan fingerprint density at radius 3 is 1.10 bits per heavy atom. The van der Waals surface area contributed by atoms with Crippen LogP contribution in [0.5, 0.6) is 0 Å². The molecule has 5 saturated heterocycles. The number of hydrogen-bond donors (Lipinski definition) is 5. The van der Waals surface area contributed by atoms with E-state index >= 15 is 0 Å². The summed E-state index contributed by atoms with van der Waals surface area (Å²) in [4.78, 5) is 84.2. The molecule has 5 aliphatic rings. The number of pyridine rings is 2. The quantitative estimate of drug-likeness (QED) is 0.0598. The van der Waals surface area contributed by atoms with Crippen LogP contribution in [0.2, 0.25) is 20.1 Å². The third-order valence-electron chi connectivity index (χ3n) is 22.2. The van der Waals surface area contributed by atoms with Crippen molar-refractivity contribution >= 4 is 144 Å². The van der Waals surface area contributed by atoms with Gasteiger partial charge in [-0.05, 0) is 231 Å². The summed E-state index contributed by atoms with van der Waals surface area (Å²) in [5.41, 5.74) is -2.18. The lowest BCUT2D eigenvalue weighted by atomic mass is 9.93. The first-order chi connectivity index (χ1) is 60.0. The number of amides is 5. The SMILES string of the molecule is CC(C)(C)c1cc(NC(=O)[C@]2(C)CCCN2c2ccc(C(F)(F)F)cc2)no1.CC(C)(C)c1cc(NC(=O)[C@]2(C)CCCN2c2ccc(Cl)cc2)no1.C[C@@]1(C(=O)Nc2ccc(C(F)(F)F)cn2)CCCN1c1ccc(Cl)cc1.O=C(Nc1cccc(C(F)(F)F)n1)[C@@H]1CCCN1c1ccc(Cl)cc1.O=C(Nc1nc(C(F)(F)F)cs1)[C@@H]1CCCN1c1ccc(Cl)cc1. The summed E-state index contributed by atoms with van der Waals surface area (Å²) >= 11 is 24.4. The molecular weight excluding hydrogens is 1790 g/mol. The van der Waals surface area contributed by atoms with E-state index < -0.39 is 75.9 Å². The zero-order valence-electron chi connectivity index (χ0n) is 70.8. The van der Waals surface area contributed by atoms with Gasteiger partial charge >= 0.3 is 24.7 Å². The van der Waals surface area contributed by atoms with E-state index in [1.54, 1.807) is 55.5 Å². The van der Waals surface area contributed by atoms with Crippen molar-refractivity contribution in [2.45, 2.75) is 191 Å². The van der Waals surface area contributed by atoms with Crippen LogP contribution in [0.25, 0.3) is 0 Å². The number of thiazole rings is 1. The molecule has 10 heterocycles. The standard InChI is InChI=1S/C20H24F3N3O2.C19H24ClN3O2.C18H17ClF3N3O.C17H15ClF3N3O.C15H13ClF3N3OS/c1-18(2,3)15-12-16(25-28-15)24-17(27)19(4)10-5-11-26(19)14-8-6-13(7-9-14)20(21,22)23;1-18(2,3)15-12-16(22-25-15)21-17(24)19(4)10-5-11-23(19)14-8-6-13(20)7-9-14;1-17(9-2-10-25(17)14-6-4-13(19)5-7-14)16(26)24-15-8-3-12(11-23-15)18(20,21)22;18-11-6-8-12(9-7-11)24-10-2-3-13(24)16(25)23-15-5-1-4-14(22-15)17(19,20)21;16-9-3-5-10(6-4-9)22-7-1-2-11(22)13(23)21-14-20-12(8-24-14)15(17,18)19/h6-9,12H,5,10-11H2,1-4H3,(H,24,25,27);6-9,12H,5,10-11H2,1-4H3,(H,21,22,24);3-8,11H,2,9-10H2,1H3,(H,23,24,26);1,4-9,13H,2-3,10H2,(H,22,23,25);3-6,8,11H,1-2,7H2,(H,20,21,23)/t2*19-;17-;13-;11-/m00000/s1. The van der Waals surface area contributed by atoms with Crippen molar-refractivity contribution < 1.29 is 85.7 Å². The number of rotatable bonds is 15. The van der Waals surface area contributed by atoms with Gasteiger partial charge in [-0.15, -0.1) is 11.3 Å². The molecule has 15 rings (SSSR count). The molecule has 5 aliphatic heterocycles. The molecule has 22 nitrogen and oxygen atoms in total. The first kappa shape index (κ1) is 97.7. The zero-order valence-corrected chi connectivity index (χ0v) is 74.6. The van der Waals surface area contributed by atoms with Crippen LogP contribution in [0.1, 0.15) is 161 Å².